The Hall–Kier alpha value is -6.54. The number of nitrogens with zero attached hydrogens (tertiary/aromatic N) is 8. The van der Waals surface area contributed by atoms with Crippen LogP contribution >= 0.6 is 0 Å². The fraction of sp³-hybridized carbons (Fsp3) is 0.143. The Kier molecular flexibility index (Phi) is 7.98. The number of rotatable bonds is 6. The molecule has 8 aromatic rings. The van der Waals surface area contributed by atoms with Gasteiger partial charge in [-0.3, -0.25) is 0 Å². The van der Waals surface area contributed by atoms with Crippen molar-refractivity contribution in [2.75, 3.05) is 18.6 Å². The van der Waals surface area contributed by atoms with Crippen LogP contribution in [-0.2, 0) is 13.1 Å². The number of aliphatic hydroxyl groups excluding tert-OH is 1. The Morgan fingerprint density at radius 1 is 0.694 bits per heavy atom. The van der Waals surface area contributed by atoms with E-state index in [2.05, 4.69) is 20.2 Å². The molecule has 14 heteroatoms. The van der Waals surface area contributed by atoms with E-state index in [1.807, 2.05) is 60.7 Å². The van der Waals surface area contributed by atoms with E-state index in [1.165, 1.54) is 18.2 Å². The van der Waals surface area contributed by atoms with E-state index in [0.717, 1.165) is 11.1 Å². The first kappa shape index (κ1) is 31.1. The van der Waals surface area contributed by atoms with Crippen molar-refractivity contribution in [2.24, 2.45) is 0 Å². The molecule has 0 spiro atoms. The highest BCUT2D eigenvalue weighted by Gasteiger charge is 2.17. The number of aliphatic hydroxyl groups is 1. The zero-order chi connectivity index (χ0) is 34.2. The topological polar surface area (TPSA) is 186 Å². The molecule has 5 N–H and O–H groups in total. The van der Waals surface area contributed by atoms with Crippen LogP contribution in [0.25, 0.3) is 33.4 Å². The molecule has 4 aromatic carbocycles. The van der Waals surface area contributed by atoms with Gasteiger partial charge in [-0.05, 0) is 47.9 Å². The maximum Gasteiger partial charge on any atom is 0.351 e. The highest BCUT2D eigenvalue weighted by Crippen LogP contribution is 2.23. The molecule has 0 aliphatic carbocycles. The van der Waals surface area contributed by atoms with Gasteiger partial charge in [-0.15, -0.1) is 10.2 Å². The molecule has 0 aliphatic rings. The highest BCUT2D eigenvalue weighted by atomic mass is 16.5. The van der Waals surface area contributed by atoms with E-state index in [1.54, 1.807) is 50.4 Å². The van der Waals surface area contributed by atoms with Crippen molar-refractivity contribution >= 4 is 45.0 Å². The van der Waals surface area contributed by atoms with Gasteiger partial charge in [0.1, 0.15) is 5.75 Å². The molecule has 0 radical (unpaired) electrons. The van der Waals surface area contributed by atoms with Crippen LogP contribution in [0.2, 0.25) is 0 Å². The minimum Gasteiger partial charge on any atom is -0.497 e. The monoisotopic (exact) mass is 656 g/mol. The summed E-state index contributed by atoms with van der Waals surface area (Å²) < 4.78 is 10.9. The molecule has 49 heavy (non-hydrogen) atoms. The lowest BCUT2D eigenvalue weighted by Gasteiger charge is -2.07. The number of nitrogen functional groups attached to an aromatic ring is 2. The largest absolute Gasteiger partial charge is 0.497 e. The Morgan fingerprint density at radius 3 is 1.63 bits per heavy atom. The number of methoxy groups -OCH3 is 1. The molecular formula is C35H32N10O4. The van der Waals surface area contributed by atoms with Crippen LogP contribution in [0.5, 0.6) is 5.75 Å². The lowest BCUT2D eigenvalue weighted by Crippen LogP contribution is -2.22. The van der Waals surface area contributed by atoms with Gasteiger partial charge in [-0.1, -0.05) is 66.7 Å². The predicted molar refractivity (Wildman–Crippen MR) is 187 cm³/mol. The van der Waals surface area contributed by atoms with Crippen LogP contribution in [0, 0.1) is 0 Å². The van der Waals surface area contributed by atoms with Crippen LogP contribution in [0.3, 0.4) is 0 Å². The third kappa shape index (κ3) is 5.80. The van der Waals surface area contributed by atoms with Crippen molar-refractivity contribution in [3.63, 3.8) is 0 Å². The zero-order valence-electron chi connectivity index (χ0n) is 26.6. The standard InChI is InChI=1S/C18H17N5O2.C17H15N5O2/c1-11(24)13-7-8-15-14(9-13)20-16(19)17-21-22(18(25)23(15)17)10-12-5-3-2-4-6-12;1-24-12-7-8-14-13(9-12)19-15(18)16-20-21(17(23)22(14)16)10-11-5-3-2-4-6-11/h2-9,11,24H,10H2,1H3,(H2,19,20);2-9H,10H2,1H3,(H2,18,19). The third-order valence-corrected chi connectivity index (χ3v) is 8.12. The lowest BCUT2D eigenvalue weighted by atomic mass is 10.1. The summed E-state index contributed by atoms with van der Waals surface area (Å²) in [6.07, 6.45) is -0.624. The Morgan fingerprint density at radius 2 is 1.16 bits per heavy atom. The number of aromatic nitrogens is 8. The molecule has 0 saturated heterocycles. The SMILES string of the molecule is CC(O)c1ccc2c(c1)nc(N)c1nn(Cc3ccccc3)c(=O)n12.COc1ccc2c(c1)nc(N)c1nn(Cc3ccccc3)c(=O)n12. The number of benzene rings is 4. The molecule has 4 aromatic heterocycles. The normalized spacial score (nSPS) is 12.0. The molecule has 14 nitrogen and oxygen atoms in total. The van der Waals surface area contributed by atoms with Crippen LogP contribution in [0.4, 0.5) is 11.6 Å². The number of fused-ring (bicyclic) bond motifs is 6. The maximum absolute atomic E-state index is 12.8. The van der Waals surface area contributed by atoms with Crippen molar-refractivity contribution in [1.29, 1.82) is 0 Å². The van der Waals surface area contributed by atoms with E-state index < -0.39 is 6.10 Å². The van der Waals surface area contributed by atoms with Gasteiger partial charge in [0.15, 0.2) is 11.6 Å². The summed E-state index contributed by atoms with van der Waals surface area (Å²) in [5.74, 6) is 1.04. The molecule has 8 rings (SSSR count). The second kappa shape index (κ2) is 12.6. The quantitative estimate of drug-likeness (QED) is 0.240. The van der Waals surface area contributed by atoms with Gasteiger partial charge in [0.2, 0.25) is 11.3 Å². The second-order valence-electron chi connectivity index (χ2n) is 11.4. The number of nitrogens with two attached hydrogens (primary N) is 2. The first-order valence-electron chi connectivity index (χ1n) is 15.4. The minimum atomic E-state index is -0.624. The minimum absolute atomic E-state index is 0.180. The highest BCUT2D eigenvalue weighted by molar-refractivity contribution is 5.83. The van der Waals surface area contributed by atoms with E-state index >= 15 is 0 Å². The van der Waals surface area contributed by atoms with Gasteiger partial charge >= 0.3 is 11.4 Å². The van der Waals surface area contributed by atoms with Crippen LogP contribution in [-0.4, -0.2) is 50.5 Å². The molecule has 0 saturated carbocycles. The summed E-state index contributed by atoms with van der Waals surface area (Å²) in [7, 11) is 1.58. The predicted octanol–water partition coefficient (Wildman–Crippen LogP) is 3.41. The number of hydrogen-bond acceptors (Lipinski definition) is 10. The summed E-state index contributed by atoms with van der Waals surface area (Å²) in [5, 5.41) is 18.4. The molecule has 0 amide bonds. The van der Waals surface area contributed by atoms with E-state index in [-0.39, 0.29) is 23.0 Å². The first-order chi connectivity index (χ1) is 23.7. The summed E-state index contributed by atoms with van der Waals surface area (Å²) in [4.78, 5) is 34.3. The van der Waals surface area contributed by atoms with Gasteiger partial charge in [0.25, 0.3) is 0 Å². The lowest BCUT2D eigenvalue weighted by molar-refractivity contribution is 0.199. The van der Waals surface area contributed by atoms with Crippen molar-refractivity contribution in [3.05, 3.63) is 135 Å². The van der Waals surface area contributed by atoms with Crippen molar-refractivity contribution in [1.82, 2.24) is 38.3 Å². The van der Waals surface area contributed by atoms with Crippen LogP contribution in [0.15, 0.2) is 107 Å². The van der Waals surface area contributed by atoms with E-state index in [9.17, 15) is 14.7 Å². The van der Waals surface area contributed by atoms with Crippen molar-refractivity contribution < 1.29 is 9.84 Å². The van der Waals surface area contributed by atoms with Crippen molar-refractivity contribution in [2.45, 2.75) is 26.1 Å². The number of hydrogen-bond donors (Lipinski definition) is 3. The smallest absolute Gasteiger partial charge is 0.351 e. The summed E-state index contributed by atoms with van der Waals surface area (Å²) >= 11 is 0. The average molecular weight is 657 g/mol. The number of anilines is 2. The molecule has 1 atom stereocenters. The van der Waals surface area contributed by atoms with Gasteiger partial charge in [-0.2, -0.15) is 0 Å². The first-order valence-corrected chi connectivity index (χ1v) is 15.4. The Labute approximate surface area is 278 Å². The molecule has 4 heterocycles. The van der Waals surface area contributed by atoms with E-state index in [4.69, 9.17) is 16.2 Å². The molecule has 246 valence electrons. The third-order valence-electron chi connectivity index (χ3n) is 8.12. The fourth-order valence-corrected chi connectivity index (χ4v) is 5.65. The summed E-state index contributed by atoms with van der Waals surface area (Å²) in [6.45, 7) is 2.40. The Bertz CT molecular complexity index is 2590. The number of ether oxygens (including phenoxy) is 1. The van der Waals surface area contributed by atoms with Gasteiger partial charge in [-0.25, -0.2) is 37.7 Å². The summed E-state index contributed by atoms with van der Waals surface area (Å²) in [5.41, 5.74) is 17.2. The maximum atomic E-state index is 12.8. The zero-order valence-corrected chi connectivity index (χ0v) is 26.6. The molecular weight excluding hydrogens is 624 g/mol. The van der Waals surface area contributed by atoms with Crippen molar-refractivity contribution in [3.8, 4) is 5.75 Å². The summed E-state index contributed by atoms with van der Waals surface area (Å²) in [6, 6.07) is 29.9. The second-order valence-corrected chi connectivity index (χ2v) is 11.4. The molecule has 1 unspecified atom stereocenters. The molecule has 0 aliphatic heterocycles. The van der Waals surface area contributed by atoms with Gasteiger partial charge in [0, 0.05) is 6.07 Å². The van der Waals surface area contributed by atoms with Gasteiger partial charge in [0.05, 0.1) is 48.4 Å². The van der Waals surface area contributed by atoms with Crippen LogP contribution in [0.1, 0.15) is 29.7 Å². The Balaban J connectivity index is 0.000000154. The molecule has 0 bridgehead atoms. The fourth-order valence-electron chi connectivity index (χ4n) is 5.65. The van der Waals surface area contributed by atoms with Crippen LogP contribution < -0.4 is 27.6 Å². The van der Waals surface area contributed by atoms with E-state index in [0.29, 0.717) is 57.8 Å². The van der Waals surface area contributed by atoms with Gasteiger partial charge < -0.3 is 21.3 Å². The molecule has 0 fully saturated rings. The average Bonchev–Trinajstić information content (AvgIpc) is 3.62.